The van der Waals surface area contributed by atoms with Crippen LogP contribution in [-0.4, -0.2) is 26.9 Å². The highest BCUT2D eigenvalue weighted by Crippen LogP contribution is 2.50. The van der Waals surface area contributed by atoms with E-state index in [1.54, 1.807) is 0 Å². The molecule has 0 amide bonds. The molecule has 0 aliphatic heterocycles. The van der Waals surface area contributed by atoms with Gasteiger partial charge in [0.15, 0.2) is 0 Å². The van der Waals surface area contributed by atoms with Crippen molar-refractivity contribution in [1.29, 1.82) is 0 Å². The molecule has 0 radical (unpaired) electrons. The van der Waals surface area contributed by atoms with Crippen molar-refractivity contribution in [3.8, 4) is 0 Å². The van der Waals surface area contributed by atoms with Crippen LogP contribution in [-0.2, 0) is 12.8 Å². The summed E-state index contributed by atoms with van der Waals surface area (Å²) in [6.45, 7) is 3.81. The molecular formula is C11H15F3N4. The third kappa shape index (κ3) is 2.26. The number of hydrogen-bond acceptors (Lipinski definition) is 4. The number of anilines is 1. The van der Waals surface area contributed by atoms with Crippen molar-refractivity contribution in [1.82, 2.24) is 15.2 Å². The van der Waals surface area contributed by atoms with Gasteiger partial charge in [0.25, 0.3) is 0 Å². The molecule has 1 aliphatic rings. The van der Waals surface area contributed by atoms with E-state index in [0.717, 1.165) is 5.69 Å². The van der Waals surface area contributed by atoms with Crippen molar-refractivity contribution in [3.63, 3.8) is 0 Å². The van der Waals surface area contributed by atoms with Gasteiger partial charge in [0.05, 0.1) is 11.4 Å². The monoisotopic (exact) mass is 260 g/mol. The standard InChI is InChI=1S/C11H15F3N4/c1-3-7-8(4-2)17-18-9(15-7)16-10(5-6-10)11(12,13)14/h3-6H2,1-2H3,(H,15,16,18). The van der Waals surface area contributed by atoms with E-state index in [1.807, 2.05) is 13.8 Å². The van der Waals surface area contributed by atoms with Crippen LogP contribution in [0.4, 0.5) is 19.1 Å². The summed E-state index contributed by atoms with van der Waals surface area (Å²) < 4.78 is 38.3. The van der Waals surface area contributed by atoms with Crippen LogP contribution in [0.5, 0.6) is 0 Å². The summed E-state index contributed by atoms with van der Waals surface area (Å²) in [7, 11) is 0. The zero-order chi connectivity index (χ0) is 13.4. The molecule has 1 aromatic rings. The first-order chi connectivity index (χ1) is 8.42. The number of hydrogen-bond donors (Lipinski definition) is 1. The summed E-state index contributed by atoms with van der Waals surface area (Å²) >= 11 is 0. The molecular weight excluding hydrogens is 245 g/mol. The molecule has 1 fully saturated rings. The van der Waals surface area contributed by atoms with E-state index in [2.05, 4.69) is 20.5 Å². The third-order valence-corrected chi connectivity index (χ3v) is 3.15. The van der Waals surface area contributed by atoms with E-state index in [-0.39, 0.29) is 18.8 Å². The second-order valence-corrected chi connectivity index (χ2v) is 4.44. The smallest absolute Gasteiger partial charge is 0.339 e. The average molecular weight is 260 g/mol. The molecule has 0 atom stereocenters. The lowest BCUT2D eigenvalue weighted by Gasteiger charge is -2.20. The Bertz CT molecular complexity index is 440. The number of rotatable bonds is 4. The molecule has 1 heterocycles. The Balaban J connectivity index is 2.21. The molecule has 1 aliphatic carbocycles. The Hall–Kier alpha value is -1.40. The van der Waals surface area contributed by atoms with Gasteiger partial charge < -0.3 is 5.32 Å². The van der Waals surface area contributed by atoms with E-state index in [0.29, 0.717) is 18.5 Å². The molecule has 7 heteroatoms. The maximum Gasteiger partial charge on any atom is 0.411 e. The number of alkyl halides is 3. The lowest BCUT2D eigenvalue weighted by molar-refractivity contribution is -0.151. The molecule has 0 saturated heterocycles. The number of nitrogens with one attached hydrogen (secondary N) is 1. The van der Waals surface area contributed by atoms with Gasteiger partial charge in [-0.3, -0.25) is 0 Å². The molecule has 2 rings (SSSR count). The lowest BCUT2D eigenvalue weighted by Crippen LogP contribution is -2.39. The van der Waals surface area contributed by atoms with E-state index < -0.39 is 11.7 Å². The lowest BCUT2D eigenvalue weighted by atomic mass is 10.2. The van der Waals surface area contributed by atoms with Gasteiger partial charge in [-0.2, -0.15) is 18.3 Å². The van der Waals surface area contributed by atoms with Gasteiger partial charge >= 0.3 is 6.18 Å². The highest BCUT2D eigenvalue weighted by atomic mass is 19.4. The third-order valence-electron chi connectivity index (χ3n) is 3.15. The molecule has 0 bridgehead atoms. The van der Waals surface area contributed by atoms with E-state index in [4.69, 9.17) is 0 Å². The summed E-state index contributed by atoms with van der Waals surface area (Å²) in [6.07, 6.45) is -2.83. The first-order valence-electron chi connectivity index (χ1n) is 5.99. The van der Waals surface area contributed by atoms with Crippen LogP contribution in [0.3, 0.4) is 0 Å². The van der Waals surface area contributed by atoms with Crippen molar-refractivity contribution in [2.24, 2.45) is 0 Å². The summed E-state index contributed by atoms with van der Waals surface area (Å²) in [5, 5.41) is 10.0. The Labute approximate surface area is 103 Å². The van der Waals surface area contributed by atoms with Crippen LogP contribution in [0.1, 0.15) is 38.1 Å². The molecule has 0 unspecified atom stereocenters. The summed E-state index contributed by atoms with van der Waals surface area (Å²) in [5.74, 6) is -0.0288. The fraction of sp³-hybridized carbons (Fsp3) is 0.727. The van der Waals surface area contributed by atoms with Gasteiger partial charge in [-0.25, -0.2) is 4.98 Å². The first kappa shape index (κ1) is 13.0. The van der Waals surface area contributed by atoms with Gasteiger partial charge in [-0.1, -0.05) is 13.8 Å². The minimum Gasteiger partial charge on any atom is -0.339 e. The quantitative estimate of drug-likeness (QED) is 0.903. The van der Waals surface area contributed by atoms with Crippen molar-refractivity contribution < 1.29 is 13.2 Å². The van der Waals surface area contributed by atoms with Crippen LogP contribution in [0.25, 0.3) is 0 Å². The van der Waals surface area contributed by atoms with Crippen molar-refractivity contribution in [3.05, 3.63) is 11.4 Å². The topological polar surface area (TPSA) is 50.7 Å². The minimum atomic E-state index is -4.27. The molecule has 0 spiro atoms. The molecule has 4 nitrogen and oxygen atoms in total. The molecule has 1 aromatic heterocycles. The average Bonchev–Trinajstić information content (AvgIpc) is 3.09. The van der Waals surface area contributed by atoms with Crippen molar-refractivity contribution >= 4 is 5.95 Å². The number of halogens is 3. The Morgan fingerprint density at radius 3 is 2.17 bits per heavy atom. The second kappa shape index (κ2) is 4.37. The zero-order valence-corrected chi connectivity index (χ0v) is 10.3. The van der Waals surface area contributed by atoms with Gasteiger partial charge in [-0.05, 0) is 25.7 Å². The fourth-order valence-electron chi connectivity index (χ4n) is 1.81. The maximum absolute atomic E-state index is 12.8. The predicted octanol–water partition coefficient (Wildman–Crippen LogP) is 2.50. The molecule has 100 valence electrons. The minimum absolute atomic E-state index is 0.0288. The predicted molar refractivity (Wildman–Crippen MR) is 60.2 cm³/mol. The zero-order valence-electron chi connectivity index (χ0n) is 10.3. The van der Waals surface area contributed by atoms with Gasteiger partial charge in [0.1, 0.15) is 5.54 Å². The van der Waals surface area contributed by atoms with Gasteiger partial charge in [0.2, 0.25) is 5.95 Å². The maximum atomic E-state index is 12.8. The Morgan fingerprint density at radius 2 is 1.72 bits per heavy atom. The van der Waals surface area contributed by atoms with E-state index in [9.17, 15) is 13.2 Å². The number of aromatic nitrogens is 3. The van der Waals surface area contributed by atoms with Crippen LogP contribution in [0.15, 0.2) is 0 Å². The van der Waals surface area contributed by atoms with E-state index in [1.165, 1.54) is 0 Å². The second-order valence-electron chi connectivity index (χ2n) is 4.44. The van der Waals surface area contributed by atoms with E-state index >= 15 is 0 Å². The van der Waals surface area contributed by atoms with Crippen molar-refractivity contribution in [2.45, 2.75) is 51.2 Å². The fourth-order valence-corrected chi connectivity index (χ4v) is 1.81. The highest BCUT2D eigenvalue weighted by molar-refractivity contribution is 5.35. The van der Waals surface area contributed by atoms with Crippen LogP contribution < -0.4 is 5.32 Å². The molecule has 18 heavy (non-hydrogen) atoms. The van der Waals surface area contributed by atoms with Gasteiger partial charge in [0, 0.05) is 0 Å². The Kier molecular flexibility index (Phi) is 3.16. The van der Waals surface area contributed by atoms with Crippen LogP contribution in [0.2, 0.25) is 0 Å². The van der Waals surface area contributed by atoms with Gasteiger partial charge in [-0.15, -0.1) is 5.10 Å². The summed E-state index contributed by atoms with van der Waals surface area (Å²) in [5.41, 5.74) is -0.402. The molecule has 1 N–H and O–H groups in total. The summed E-state index contributed by atoms with van der Waals surface area (Å²) in [4.78, 5) is 4.12. The van der Waals surface area contributed by atoms with Crippen LogP contribution in [0, 0.1) is 0 Å². The normalized spacial score (nSPS) is 17.6. The van der Waals surface area contributed by atoms with Crippen molar-refractivity contribution in [2.75, 3.05) is 5.32 Å². The highest BCUT2D eigenvalue weighted by Gasteiger charge is 2.64. The SMILES string of the molecule is CCc1nnc(NC2(C(F)(F)F)CC2)nc1CC. The number of aryl methyl sites for hydroxylation is 2. The largest absolute Gasteiger partial charge is 0.411 e. The molecule has 1 saturated carbocycles. The Morgan fingerprint density at radius 1 is 1.11 bits per heavy atom. The van der Waals surface area contributed by atoms with Crippen LogP contribution >= 0.6 is 0 Å². The molecule has 0 aromatic carbocycles. The number of nitrogens with zero attached hydrogens (tertiary/aromatic N) is 3. The first-order valence-corrected chi connectivity index (χ1v) is 5.99. The summed E-state index contributed by atoms with van der Waals surface area (Å²) in [6, 6.07) is 0.